The molecule has 1 aromatic rings. The molecule has 18 heavy (non-hydrogen) atoms. The molecule has 0 aliphatic heterocycles. The third kappa shape index (κ3) is 4.25. The topological polar surface area (TPSA) is 26.0 Å². The Morgan fingerprint density at radius 1 is 1.28 bits per heavy atom. The van der Waals surface area contributed by atoms with Crippen molar-refractivity contribution in [3.63, 3.8) is 0 Å². The molecule has 0 aliphatic rings. The summed E-state index contributed by atoms with van der Waals surface area (Å²) in [6, 6.07) is 8.34. The first-order chi connectivity index (χ1) is 8.54. The van der Waals surface area contributed by atoms with Crippen molar-refractivity contribution >= 4 is 12.2 Å². The van der Waals surface area contributed by atoms with Gasteiger partial charge in [0.15, 0.2) is 0 Å². The van der Waals surface area contributed by atoms with Crippen LogP contribution in [0.1, 0.15) is 26.7 Å². The Morgan fingerprint density at radius 3 is 2.44 bits per heavy atom. The quantitative estimate of drug-likeness (QED) is 0.843. The summed E-state index contributed by atoms with van der Waals surface area (Å²) in [5, 5.41) is 2.47. The average molecular weight is 241 g/mol. The van der Waals surface area contributed by atoms with Gasteiger partial charge in [-0.1, -0.05) is 62.1 Å². The first-order valence-corrected chi connectivity index (χ1v) is 6.39. The molecule has 0 bridgehead atoms. The van der Waals surface area contributed by atoms with E-state index in [0.717, 1.165) is 24.1 Å². The first-order valence-electron chi connectivity index (χ1n) is 6.39. The highest BCUT2D eigenvalue weighted by Crippen LogP contribution is 2.16. The maximum atomic E-state index is 5.60. The van der Waals surface area contributed by atoms with Crippen LogP contribution in [0.5, 0.6) is 0 Å². The summed E-state index contributed by atoms with van der Waals surface area (Å²) < 4.78 is 0. The summed E-state index contributed by atoms with van der Waals surface area (Å²) in [4.78, 5) is 0. The van der Waals surface area contributed by atoms with Crippen LogP contribution in [0.4, 0.5) is 0 Å². The van der Waals surface area contributed by atoms with E-state index >= 15 is 0 Å². The number of allylic oxidation sites excluding steroid dienone is 2. The smallest absolute Gasteiger partial charge is 0.000766 e. The molecule has 0 heterocycles. The second kappa shape index (κ2) is 6.85. The molecule has 1 rings (SSSR count). The zero-order valence-corrected chi connectivity index (χ0v) is 11.4. The van der Waals surface area contributed by atoms with E-state index in [1.54, 1.807) is 0 Å². The predicted octanol–water partition coefficient (Wildman–Crippen LogP) is 2.71. The zero-order valence-electron chi connectivity index (χ0n) is 11.4. The van der Waals surface area contributed by atoms with E-state index in [9.17, 15) is 0 Å². The highest BCUT2D eigenvalue weighted by atomic mass is 14.6. The van der Waals surface area contributed by atoms with E-state index in [1.165, 1.54) is 10.4 Å². The van der Waals surface area contributed by atoms with Gasteiger partial charge in [0.05, 0.1) is 0 Å². The van der Waals surface area contributed by atoms with Crippen LogP contribution >= 0.6 is 0 Å². The zero-order chi connectivity index (χ0) is 13.5. The minimum absolute atomic E-state index is 0.426. The van der Waals surface area contributed by atoms with Crippen LogP contribution in [0.3, 0.4) is 0 Å². The highest BCUT2D eigenvalue weighted by molar-refractivity contribution is 5.47. The summed E-state index contributed by atoms with van der Waals surface area (Å²) >= 11 is 0. The second-order valence-electron chi connectivity index (χ2n) is 4.73. The Bertz CT molecular complexity index is 537. The van der Waals surface area contributed by atoms with E-state index < -0.39 is 0 Å². The van der Waals surface area contributed by atoms with E-state index in [4.69, 9.17) is 5.73 Å². The minimum Gasteiger partial charge on any atom is -0.403 e. The summed E-state index contributed by atoms with van der Waals surface area (Å²) in [7, 11) is 0. The van der Waals surface area contributed by atoms with Gasteiger partial charge in [0.25, 0.3) is 0 Å². The monoisotopic (exact) mass is 241 g/mol. The molecule has 1 unspecified atom stereocenters. The Labute approximate surface area is 110 Å². The lowest BCUT2D eigenvalue weighted by molar-refractivity contribution is 0.628. The maximum absolute atomic E-state index is 5.60. The van der Waals surface area contributed by atoms with Gasteiger partial charge in [0.1, 0.15) is 0 Å². The molecule has 2 N–H and O–H groups in total. The Hall–Kier alpha value is -1.76. The summed E-state index contributed by atoms with van der Waals surface area (Å²) in [6.07, 6.45) is 6.14. The van der Waals surface area contributed by atoms with Gasteiger partial charge in [0.2, 0.25) is 0 Å². The fraction of sp³-hybridized carbons (Fsp3) is 0.294. The Morgan fingerprint density at radius 2 is 1.89 bits per heavy atom. The van der Waals surface area contributed by atoms with Crippen LogP contribution in [0.25, 0.3) is 12.2 Å². The number of rotatable bonds is 5. The van der Waals surface area contributed by atoms with E-state index in [2.05, 4.69) is 63.4 Å². The van der Waals surface area contributed by atoms with Gasteiger partial charge in [-0.2, -0.15) is 0 Å². The molecule has 1 aromatic carbocycles. The molecule has 0 amide bonds. The molecular formula is C17H23N. The molecule has 0 saturated carbocycles. The molecule has 0 aromatic heterocycles. The van der Waals surface area contributed by atoms with Crippen molar-refractivity contribution < 1.29 is 0 Å². The van der Waals surface area contributed by atoms with Gasteiger partial charge < -0.3 is 5.73 Å². The number of nitrogens with two attached hydrogens (primary N) is 1. The van der Waals surface area contributed by atoms with Crippen molar-refractivity contribution in [3.05, 3.63) is 59.1 Å². The summed E-state index contributed by atoms with van der Waals surface area (Å²) in [6.45, 7) is 12.1. The van der Waals surface area contributed by atoms with Crippen LogP contribution in [0.15, 0.2) is 48.7 Å². The van der Waals surface area contributed by atoms with E-state index in [0.29, 0.717) is 5.92 Å². The highest BCUT2D eigenvalue weighted by Gasteiger charge is 2.04. The van der Waals surface area contributed by atoms with Crippen molar-refractivity contribution in [1.82, 2.24) is 0 Å². The maximum Gasteiger partial charge on any atom is 0.000766 e. The number of hydrogen-bond donors (Lipinski definition) is 1. The van der Waals surface area contributed by atoms with Crippen molar-refractivity contribution in [2.24, 2.45) is 11.7 Å². The van der Waals surface area contributed by atoms with Crippen molar-refractivity contribution in [2.75, 3.05) is 0 Å². The van der Waals surface area contributed by atoms with E-state index in [-0.39, 0.29) is 0 Å². The SMILES string of the molecule is C=C(N)CCC(C)C(=C)/C=c1/cccc/c1=C/C. The fourth-order valence-electron chi connectivity index (χ4n) is 1.83. The second-order valence-corrected chi connectivity index (χ2v) is 4.73. The molecule has 0 spiro atoms. The Balaban J connectivity index is 2.89. The van der Waals surface area contributed by atoms with Gasteiger partial charge in [-0.3, -0.25) is 0 Å². The standard InChI is InChI=1S/C17H23N/c1-5-16-8-6-7-9-17(16)12-14(3)13(2)10-11-15(4)18/h5-9,12-13H,3-4,10-11,18H2,1-2H3/b16-5-,17-12-. The Kier molecular flexibility index (Phi) is 5.44. The van der Waals surface area contributed by atoms with E-state index in [1.807, 2.05) is 0 Å². The summed E-state index contributed by atoms with van der Waals surface area (Å²) in [5.41, 5.74) is 7.49. The summed E-state index contributed by atoms with van der Waals surface area (Å²) in [5.74, 6) is 0.426. The average Bonchev–Trinajstić information content (AvgIpc) is 2.36. The molecule has 1 atom stereocenters. The molecular weight excluding hydrogens is 218 g/mol. The van der Waals surface area contributed by atoms with Crippen LogP contribution in [-0.2, 0) is 0 Å². The molecule has 1 nitrogen and oxygen atoms in total. The van der Waals surface area contributed by atoms with Gasteiger partial charge in [0, 0.05) is 5.70 Å². The van der Waals surface area contributed by atoms with Gasteiger partial charge in [-0.25, -0.2) is 0 Å². The lowest BCUT2D eigenvalue weighted by Gasteiger charge is -2.11. The molecule has 0 fully saturated rings. The fourth-order valence-corrected chi connectivity index (χ4v) is 1.83. The normalized spacial score (nSPS) is 14.6. The minimum atomic E-state index is 0.426. The number of benzene rings is 1. The third-order valence-electron chi connectivity index (χ3n) is 3.18. The van der Waals surface area contributed by atoms with Crippen LogP contribution < -0.4 is 16.2 Å². The third-order valence-corrected chi connectivity index (χ3v) is 3.18. The van der Waals surface area contributed by atoms with Gasteiger partial charge in [-0.15, -0.1) is 0 Å². The van der Waals surface area contributed by atoms with Crippen LogP contribution in [0, 0.1) is 5.92 Å². The molecule has 0 aliphatic carbocycles. The largest absolute Gasteiger partial charge is 0.403 e. The molecule has 1 heteroatoms. The van der Waals surface area contributed by atoms with Gasteiger partial charge >= 0.3 is 0 Å². The lowest BCUT2D eigenvalue weighted by atomic mass is 9.95. The predicted molar refractivity (Wildman–Crippen MR) is 81.2 cm³/mol. The van der Waals surface area contributed by atoms with Crippen molar-refractivity contribution in [2.45, 2.75) is 26.7 Å². The lowest BCUT2D eigenvalue weighted by Crippen LogP contribution is -2.23. The van der Waals surface area contributed by atoms with Crippen LogP contribution in [0.2, 0.25) is 0 Å². The van der Waals surface area contributed by atoms with Crippen molar-refractivity contribution in [1.29, 1.82) is 0 Å². The molecule has 0 saturated heterocycles. The number of hydrogen-bond acceptors (Lipinski definition) is 1. The first kappa shape index (κ1) is 14.3. The molecule has 96 valence electrons. The van der Waals surface area contributed by atoms with Crippen LogP contribution in [-0.4, -0.2) is 0 Å². The van der Waals surface area contributed by atoms with Gasteiger partial charge in [-0.05, 0) is 36.1 Å². The molecule has 0 radical (unpaired) electrons. The van der Waals surface area contributed by atoms with Crippen molar-refractivity contribution in [3.8, 4) is 0 Å².